The first kappa shape index (κ1) is 13.2. The number of carboxylic acids is 1. The summed E-state index contributed by atoms with van der Waals surface area (Å²) in [7, 11) is 1.39. The van der Waals surface area contributed by atoms with E-state index in [0.29, 0.717) is 0 Å². The van der Waals surface area contributed by atoms with Crippen LogP contribution in [0.25, 0.3) is 0 Å². The highest BCUT2D eigenvalue weighted by molar-refractivity contribution is 5.85. The largest absolute Gasteiger partial charge is 0.476 e. The van der Waals surface area contributed by atoms with Crippen LogP contribution in [0.2, 0.25) is 0 Å². The lowest BCUT2D eigenvalue weighted by Gasteiger charge is -2.18. The van der Waals surface area contributed by atoms with Crippen molar-refractivity contribution in [3.8, 4) is 0 Å². The topological polar surface area (TPSA) is 66.3 Å². The average Bonchev–Trinajstić information content (AvgIpc) is 2.25. The fraction of sp³-hybridized carbons (Fsp3) is 0.444. The van der Waals surface area contributed by atoms with E-state index in [9.17, 15) is 18.0 Å². The SMILES string of the molecule is CN(CCC(F)(F)F)c1cncc(C(=O)O)n1. The van der Waals surface area contributed by atoms with E-state index in [1.165, 1.54) is 18.1 Å². The first-order chi connectivity index (χ1) is 7.79. The molecular weight excluding hydrogens is 239 g/mol. The highest BCUT2D eigenvalue weighted by Crippen LogP contribution is 2.20. The number of carbonyl (C=O) groups is 1. The second-order valence-corrected chi connectivity index (χ2v) is 3.35. The average molecular weight is 249 g/mol. The Morgan fingerprint density at radius 2 is 2.12 bits per heavy atom. The van der Waals surface area contributed by atoms with Gasteiger partial charge in [0.2, 0.25) is 0 Å². The molecule has 5 nitrogen and oxygen atoms in total. The Morgan fingerprint density at radius 1 is 1.47 bits per heavy atom. The van der Waals surface area contributed by atoms with Crippen LogP contribution in [0.5, 0.6) is 0 Å². The first-order valence-electron chi connectivity index (χ1n) is 4.63. The van der Waals surface area contributed by atoms with Gasteiger partial charge in [-0.1, -0.05) is 0 Å². The molecule has 0 bridgehead atoms. The van der Waals surface area contributed by atoms with E-state index >= 15 is 0 Å². The molecule has 94 valence electrons. The molecule has 17 heavy (non-hydrogen) atoms. The normalized spacial score (nSPS) is 11.3. The zero-order chi connectivity index (χ0) is 13.1. The van der Waals surface area contributed by atoms with Crippen LogP contribution in [0.1, 0.15) is 16.9 Å². The summed E-state index contributed by atoms with van der Waals surface area (Å²) in [6.45, 7) is -0.304. The number of carboxylic acid groups (broad SMARTS) is 1. The fourth-order valence-corrected chi connectivity index (χ4v) is 1.05. The summed E-state index contributed by atoms with van der Waals surface area (Å²) in [6.07, 6.45) is -3.01. The molecule has 0 radical (unpaired) electrons. The summed E-state index contributed by atoms with van der Waals surface area (Å²) < 4.78 is 35.9. The van der Waals surface area contributed by atoms with Crippen LogP contribution in [0.3, 0.4) is 0 Å². The highest BCUT2D eigenvalue weighted by atomic mass is 19.4. The van der Waals surface area contributed by atoms with Crippen LogP contribution in [0.15, 0.2) is 12.4 Å². The van der Waals surface area contributed by atoms with Crippen molar-refractivity contribution in [2.75, 3.05) is 18.5 Å². The van der Waals surface area contributed by atoms with Crippen molar-refractivity contribution in [2.24, 2.45) is 0 Å². The summed E-state index contributed by atoms with van der Waals surface area (Å²) in [5, 5.41) is 8.65. The molecule has 0 spiro atoms. The van der Waals surface area contributed by atoms with Crippen molar-refractivity contribution < 1.29 is 23.1 Å². The van der Waals surface area contributed by atoms with Crippen molar-refractivity contribution in [2.45, 2.75) is 12.6 Å². The quantitative estimate of drug-likeness (QED) is 0.877. The molecule has 1 aromatic rings. The minimum absolute atomic E-state index is 0.0918. The number of alkyl halides is 3. The highest BCUT2D eigenvalue weighted by Gasteiger charge is 2.27. The Kier molecular flexibility index (Phi) is 3.87. The van der Waals surface area contributed by atoms with Crippen molar-refractivity contribution >= 4 is 11.8 Å². The number of nitrogens with zero attached hydrogens (tertiary/aromatic N) is 3. The lowest BCUT2D eigenvalue weighted by atomic mass is 10.4. The summed E-state index contributed by atoms with van der Waals surface area (Å²) in [6, 6.07) is 0. The van der Waals surface area contributed by atoms with E-state index in [4.69, 9.17) is 5.11 Å². The molecule has 0 unspecified atom stereocenters. The van der Waals surface area contributed by atoms with Gasteiger partial charge < -0.3 is 10.0 Å². The zero-order valence-electron chi connectivity index (χ0n) is 8.90. The third-order valence-corrected chi connectivity index (χ3v) is 1.96. The van der Waals surface area contributed by atoms with Crippen molar-refractivity contribution in [3.63, 3.8) is 0 Å². The van der Waals surface area contributed by atoms with E-state index < -0.39 is 18.6 Å². The number of hydrogen-bond donors (Lipinski definition) is 1. The zero-order valence-corrected chi connectivity index (χ0v) is 8.90. The third kappa shape index (κ3) is 4.25. The van der Waals surface area contributed by atoms with E-state index in [-0.39, 0.29) is 18.1 Å². The molecular formula is C9H10F3N3O2. The van der Waals surface area contributed by atoms with Crippen LogP contribution >= 0.6 is 0 Å². The number of aromatic nitrogens is 2. The molecule has 0 saturated carbocycles. The Hall–Kier alpha value is -1.86. The molecule has 0 atom stereocenters. The monoisotopic (exact) mass is 249 g/mol. The molecule has 8 heteroatoms. The van der Waals surface area contributed by atoms with Crippen LogP contribution in [0.4, 0.5) is 19.0 Å². The number of hydrogen-bond acceptors (Lipinski definition) is 4. The number of anilines is 1. The van der Waals surface area contributed by atoms with Gasteiger partial charge in [0.25, 0.3) is 0 Å². The summed E-state index contributed by atoms with van der Waals surface area (Å²) >= 11 is 0. The molecule has 0 amide bonds. The molecule has 0 aliphatic rings. The van der Waals surface area contributed by atoms with Gasteiger partial charge in [-0.15, -0.1) is 0 Å². The lowest BCUT2D eigenvalue weighted by molar-refractivity contribution is -0.132. The Balaban J connectivity index is 2.72. The van der Waals surface area contributed by atoms with Gasteiger partial charge in [-0.05, 0) is 0 Å². The van der Waals surface area contributed by atoms with Crippen LogP contribution in [-0.4, -0.2) is 40.8 Å². The van der Waals surface area contributed by atoms with Gasteiger partial charge in [0.05, 0.1) is 18.8 Å². The fourth-order valence-electron chi connectivity index (χ4n) is 1.05. The molecule has 1 rings (SSSR count). The predicted octanol–water partition coefficient (Wildman–Crippen LogP) is 1.56. The molecule has 1 N–H and O–H groups in total. The van der Waals surface area contributed by atoms with Crippen LogP contribution < -0.4 is 4.90 Å². The van der Waals surface area contributed by atoms with E-state index in [1.807, 2.05) is 0 Å². The molecule has 1 heterocycles. The molecule has 0 aliphatic heterocycles. The standard InChI is InChI=1S/C9H10F3N3O2/c1-15(3-2-9(10,11)12)7-5-13-4-6(14-7)8(16)17/h4-5H,2-3H2,1H3,(H,16,17). The van der Waals surface area contributed by atoms with Crippen molar-refractivity contribution in [1.29, 1.82) is 0 Å². The van der Waals surface area contributed by atoms with Crippen molar-refractivity contribution in [1.82, 2.24) is 9.97 Å². The lowest BCUT2D eigenvalue weighted by Crippen LogP contribution is -2.25. The second kappa shape index (κ2) is 4.98. The molecule has 0 saturated heterocycles. The summed E-state index contributed by atoms with van der Waals surface area (Å²) in [4.78, 5) is 19.1. The smallest absolute Gasteiger partial charge is 0.390 e. The first-order valence-corrected chi connectivity index (χ1v) is 4.63. The van der Waals surface area contributed by atoms with Crippen molar-refractivity contribution in [3.05, 3.63) is 18.1 Å². The van der Waals surface area contributed by atoms with Crippen LogP contribution in [0, 0.1) is 0 Å². The summed E-state index contributed by atoms with van der Waals surface area (Å²) in [5.41, 5.74) is -0.304. The molecule has 1 aromatic heterocycles. The minimum Gasteiger partial charge on any atom is -0.476 e. The maximum atomic E-state index is 12.0. The van der Waals surface area contributed by atoms with Gasteiger partial charge in [0.1, 0.15) is 5.82 Å². The van der Waals surface area contributed by atoms with E-state index in [1.54, 1.807) is 0 Å². The van der Waals surface area contributed by atoms with Gasteiger partial charge in [-0.25, -0.2) is 9.78 Å². The number of rotatable bonds is 4. The maximum absolute atomic E-state index is 12.0. The van der Waals surface area contributed by atoms with E-state index in [2.05, 4.69) is 9.97 Å². The predicted molar refractivity (Wildman–Crippen MR) is 52.9 cm³/mol. The van der Waals surface area contributed by atoms with Gasteiger partial charge in [0.15, 0.2) is 5.69 Å². The van der Waals surface area contributed by atoms with Crippen LogP contribution in [-0.2, 0) is 0 Å². The Morgan fingerprint density at radius 3 is 2.65 bits per heavy atom. The van der Waals surface area contributed by atoms with E-state index in [0.717, 1.165) is 6.20 Å². The summed E-state index contributed by atoms with van der Waals surface area (Å²) in [5.74, 6) is -1.18. The Bertz CT molecular complexity index is 409. The Labute approximate surface area is 94.9 Å². The maximum Gasteiger partial charge on any atom is 0.390 e. The van der Waals surface area contributed by atoms with Gasteiger partial charge in [-0.2, -0.15) is 13.2 Å². The molecule has 0 aliphatic carbocycles. The van der Waals surface area contributed by atoms with Gasteiger partial charge in [0, 0.05) is 13.6 Å². The number of halogens is 3. The van der Waals surface area contributed by atoms with Gasteiger partial charge in [-0.3, -0.25) is 4.98 Å². The molecule has 0 aromatic carbocycles. The third-order valence-electron chi connectivity index (χ3n) is 1.96. The minimum atomic E-state index is -4.26. The van der Waals surface area contributed by atoms with Gasteiger partial charge >= 0.3 is 12.1 Å². The second-order valence-electron chi connectivity index (χ2n) is 3.35. The molecule has 0 fully saturated rings. The number of aromatic carboxylic acids is 1.